The van der Waals surface area contributed by atoms with Crippen molar-refractivity contribution in [3.63, 3.8) is 0 Å². The number of ether oxygens (including phenoxy) is 1. The zero-order chi connectivity index (χ0) is 34.6. The first-order valence-corrected chi connectivity index (χ1v) is 20.4. The van der Waals surface area contributed by atoms with Crippen molar-refractivity contribution in [3.8, 4) is 0 Å². The van der Waals surface area contributed by atoms with Gasteiger partial charge >= 0.3 is 5.97 Å². The molecular weight excluding hydrogens is 586 g/mol. The fourth-order valence-electron chi connectivity index (χ4n) is 6.20. The second-order valence-corrected chi connectivity index (χ2v) is 14.0. The fourth-order valence-corrected chi connectivity index (χ4v) is 6.20. The number of carbonyl (C=O) groups excluding carboxylic acids is 2. The zero-order valence-corrected chi connectivity index (χ0v) is 31.4. The summed E-state index contributed by atoms with van der Waals surface area (Å²) in [6.07, 6.45) is 35.6. The van der Waals surface area contributed by atoms with E-state index in [1.54, 1.807) is 0 Å². The monoisotopic (exact) mass is 666 g/mol. The number of hydrogen-bond acceptors (Lipinski definition) is 5. The number of rotatable bonds is 36. The van der Waals surface area contributed by atoms with E-state index in [1.807, 2.05) is 0 Å². The van der Waals surface area contributed by atoms with E-state index in [1.165, 1.54) is 103 Å². The molecule has 3 unspecified atom stereocenters. The Kier molecular flexibility index (Phi) is 34.8. The molecule has 3 atom stereocenters. The Bertz CT molecular complexity index is 712. The molecule has 0 heterocycles. The molecule has 0 rings (SSSR count). The van der Waals surface area contributed by atoms with Crippen molar-refractivity contribution in [3.05, 3.63) is 12.2 Å². The molecule has 0 aromatic rings. The van der Waals surface area contributed by atoms with E-state index in [-0.39, 0.29) is 24.9 Å². The first-order valence-electron chi connectivity index (χ1n) is 20.4. The molecule has 0 aromatic heterocycles. The third-order valence-corrected chi connectivity index (χ3v) is 9.33. The van der Waals surface area contributed by atoms with Crippen LogP contribution in [0.25, 0.3) is 0 Å². The third-order valence-electron chi connectivity index (χ3n) is 9.33. The number of nitrogens with one attached hydrogen (secondary N) is 1. The number of allylic oxidation sites excluding steroid dienone is 2. The van der Waals surface area contributed by atoms with Gasteiger partial charge < -0.3 is 20.3 Å². The lowest BCUT2D eigenvalue weighted by Gasteiger charge is -2.24. The van der Waals surface area contributed by atoms with Gasteiger partial charge in [-0.05, 0) is 44.9 Å². The molecule has 278 valence electrons. The molecule has 0 saturated carbocycles. The van der Waals surface area contributed by atoms with Gasteiger partial charge in [-0.1, -0.05) is 168 Å². The second kappa shape index (κ2) is 35.9. The standard InChI is InChI=1S/C41H79NO5/c1-4-7-10-13-16-19-22-25-28-31-34-41(46)47-37(32-29-26-23-20-17-14-11-8-5-2)35-40(45)42-38(36-43)39(44)33-30-27-24-21-18-15-12-9-6-3/h10,13,37-39,43-44H,4-9,11-12,14-36H2,1-3H3,(H,42,45)/b13-10-. The van der Waals surface area contributed by atoms with Gasteiger partial charge in [-0.2, -0.15) is 0 Å². The average molecular weight is 666 g/mol. The van der Waals surface area contributed by atoms with E-state index in [0.717, 1.165) is 64.2 Å². The Morgan fingerprint density at radius 1 is 0.596 bits per heavy atom. The summed E-state index contributed by atoms with van der Waals surface area (Å²) >= 11 is 0. The number of aliphatic hydroxyl groups excluding tert-OH is 2. The van der Waals surface area contributed by atoms with Crippen molar-refractivity contribution in [2.24, 2.45) is 0 Å². The molecule has 6 nitrogen and oxygen atoms in total. The molecule has 0 fully saturated rings. The second-order valence-electron chi connectivity index (χ2n) is 14.0. The van der Waals surface area contributed by atoms with Crippen LogP contribution in [0.15, 0.2) is 12.2 Å². The highest BCUT2D eigenvalue weighted by molar-refractivity contribution is 5.77. The van der Waals surface area contributed by atoms with Gasteiger partial charge in [0.05, 0.1) is 25.2 Å². The third kappa shape index (κ3) is 31.6. The Hall–Kier alpha value is -1.40. The predicted octanol–water partition coefficient (Wildman–Crippen LogP) is 11.1. The van der Waals surface area contributed by atoms with Gasteiger partial charge in [-0.25, -0.2) is 0 Å². The van der Waals surface area contributed by atoms with Crippen LogP contribution in [0.5, 0.6) is 0 Å². The van der Waals surface area contributed by atoms with Crippen LogP contribution in [-0.4, -0.2) is 46.9 Å². The number of unbranched alkanes of at least 4 members (excludes halogenated alkanes) is 22. The van der Waals surface area contributed by atoms with E-state index < -0.39 is 18.2 Å². The van der Waals surface area contributed by atoms with Crippen molar-refractivity contribution >= 4 is 11.9 Å². The molecule has 0 spiro atoms. The van der Waals surface area contributed by atoms with Crippen molar-refractivity contribution in [1.82, 2.24) is 5.32 Å². The molecule has 0 radical (unpaired) electrons. The van der Waals surface area contributed by atoms with Crippen molar-refractivity contribution < 1.29 is 24.5 Å². The summed E-state index contributed by atoms with van der Waals surface area (Å²) < 4.78 is 5.85. The summed E-state index contributed by atoms with van der Waals surface area (Å²) in [7, 11) is 0. The van der Waals surface area contributed by atoms with Crippen LogP contribution in [0.1, 0.15) is 213 Å². The van der Waals surface area contributed by atoms with Gasteiger partial charge in [-0.15, -0.1) is 0 Å². The molecule has 6 heteroatoms. The maximum atomic E-state index is 13.0. The van der Waals surface area contributed by atoms with Crippen LogP contribution in [0.4, 0.5) is 0 Å². The summed E-state index contributed by atoms with van der Waals surface area (Å²) in [5, 5.41) is 23.4. The molecular formula is C41H79NO5. The number of esters is 1. The fraction of sp³-hybridized carbons (Fsp3) is 0.902. The van der Waals surface area contributed by atoms with Gasteiger partial charge in [0.1, 0.15) is 6.10 Å². The Labute approximate surface area is 291 Å². The normalized spacial score (nSPS) is 13.6. The summed E-state index contributed by atoms with van der Waals surface area (Å²) in [5.41, 5.74) is 0. The van der Waals surface area contributed by atoms with Crippen LogP contribution in [0, 0.1) is 0 Å². The van der Waals surface area contributed by atoms with Crippen LogP contribution < -0.4 is 5.32 Å². The zero-order valence-electron chi connectivity index (χ0n) is 31.4. The molecule has 0 aliphatic heterocycles. The first kappa shape index (κ1) is 45.6. The molecule has 0 aliphatic rings. The molecule has 3 N–H and O–H groups in total. The lowest BCUT2D eigenvalue weighted by atomic mass is 10.0. The molecule has 47 heavy (non-hydrogen) atoms. The molecule has 0 bridgehead atoms. The lowest BCUT2D eigenvalue weighted by molar-refractivity contribution is -0.151. The van der Waals surface area contributed by atoms with E-state index in [0.29, 0.717) is 19.3 Å². The van der Waals surface area contributed by atoms with Crippen LogP contribution in [-0.2, 0) is 14.3 Å². The van der Waals surface area contributed by atoms with E-state index >= 15 is 0 Å². The number of hydrogen-bond donors (Lipinski definition) is 3. The highest BCUT2D eigenvalue weighted by atomic mass is 16.5. The van der Waals surface area contributed by atoms with E-state index in [2.05, 4.69) is 38.2 Å². The topological polar surface area (TPSA) is 95.9 Å². The Balaban J connectivity index is 4.58. The lowest BCUT2D eigenvalue weighted by Crippen LogP contribution is -2.46. The highest BCUT2D eigenvalue weighted by Gasteiger charge is 2.24. The van der Waals surface area contributed by atoms with E-state index in [4.69, 9.17) is 4.74 Å². The van der Waals surface area contributed by atoms with Gasteiger partial charge in [-0.3, -0.25) is 9.59 Å². The summed E-state index contributed by atoms with van der Waals surface area (Å²) in [4.78, 5) is 25.7. The maximum Gasteiger partial charge on any atom is 0.306 e. The molecule has 0 aromatic carbocycles. The smallest absolute Gasteiger partial charge is 0.306 e. The van der Waals surface area contributed by atoms with Gasteiger partial charge in [0.15, 0.2) is 0 Å². The van der Waals surface area contributed by atoms with Gasteiger partial charge in [0.2, 0.25) is 5.91 Å². The van der Waals surface area contributed by atoms with Crippen molar-refractivity contribution in [2.45, 2.75) is 232 Å². The summed E-state index contributed by atoms with van der Waals surface area (Å²) in [6, 6.07) is -0.692. The SMILES string of the molecule is CCC/C=C\CCCCCCCC(=O)OC(CCCCCCCCCCC)CC(=O)NC(CO)C(O)CCCCCCCCCCC. The summed E-state index contributed by atoms with van der Waals surface area (Å²) in [5.74, 6) is -0.484. The quantitative estimate of drug-likeness (QED) is 0.0352. The van der Waals surface area contributed by atoms with Crippen molar-refractivity contribution in [2.75, 3.05) is 6.61 Å². The predicted molar refractivity (Wildman–Crippen MR) is 200 cm³/mol. The van der Waals surface area contributed by atoms with Crippen LogP contribution >= 0.6 is 0 Å². The maximum absolute atomic E-state index is 13.0. The number of carbonyl (C=O) groups is 2. The molecule has 1 amide bonds. The first-order chi connectivity index (χ1) is 23.0. The minimum absolute atomic E-state index is 0.0789. The Morgan fingerprint density at radius 2 is 1.06 bits per heavy atom. The number of amides is 1. The van der Waals surface area contributed by atoms with E-state index in [9.17, 15) is 19.8 Å². The van der Waals surface area contributed by atoms with Gasteiger partial charge in [0, 0.05) is 6.42 Å². The Morgan fingerprint density at radius 3 is 1.60 bits per heavy atom. The molecule has 0 aliphatic carbocycles. The average Bonchev–Trinajstić information content (AvgIpc) is 3.06. The van der Waals surface area contributed by atoms with Crippen molar-refractivity contribution in [1.29, 1.82) is 0 Å². The van der Waals surface area contributed by atoms with Crippen LogP contribution in [0.2, 0.25) is 0 Å². The molecule has 0 saturated heterocycles. The van der Waals surface area contributed by atoms with Crippen LogP contribution in [0.3, 0.4) is 0 Å². The highest BCUT2D eigenvalue weighted by Crippen LogP contribution is 2.17. The number of aliphatic hydroxyl groups is 2. The minimum Gasteiger partial charge on any atom is -0.462 e. The largest absolute Gasteiger partial charge is 0.462 e. The summed E-state index contributed by atoms with van der Waals surface area (Å²) in [6.45, 7) is 6.37. The van der Waals surface area contributed by atoms with Gasteiger partial charge in [0.25, 0.3) is 0 Å². The minimum atomic E-state index is -0.779.